The fourth-order valence-corrected chi connectivity index (χ4v) is 3.35. The van der Waals surface area contributed by atoms with Crippen molar-refractivity contribution in [3.05, 3.63) is 29.8 Å². The first-order valence-electron chi connectivity index (χ1n) is 7.54. The Bertz CT molecular complexity index is 406. The fraction of sp³-hybridized carbons (Fsp3) is 0.647. The average Bonchev–Trinajstić information content (AvgIpc) is 2.66. The molecule has 1 aromatic carbocycles. The van der Waals surface area contributed by atoms with Gasteiger partial charge < -0.3 is 10.6 Å². The molecule has 2 N–H and O–H groups in total. The van der Waals surface area contributed by atoms with Gasteiger partial charge in [-0.3, -0.25) is 0 Å². The molecule has 2 heteroatoms. The predicted octanol–water partition coefficient (Wildman–Crippen LogP) is 3.76. The van der Waals surface area contributed by atoms with E-state index in [0.29, 0.717) is 11.8 Å². The minimum absolute atomic E-state index is 0.221. The average molecular weight is 260 g/mol. The Kier molecular flexibility index (Phi) is 4.19. The smallest absolute Gasteiger partial charge is 0.0375 e. The lowest BCUT2D eigenvalue weighted by Gasteiger charge is -2.38. The Hall–Kier alpha value is -1.02. The lowest BCUT2D eigenvalue weighted by atomic mass is 9.85. The number of anilines is 1. The maximum Gasteiger partial charge on any atom is 0.0375 e. The topological polar surface area (TPSA) is 29.3 Å². The van der Waals surface area contributed by atoms with Crippen molar-refractivity contribution in [2.75, 3.05) is 18.0 Å². The second kappa shape index (κ2) is 5.54. The number of hydrogen-bond donors (Lipinski definition) is 1. The number of benzene rings is 1. The van der Waals surface area contributed by atoms with E-state index in [1.54, 1.807) is 0 Å². The van der Waals surface area contributed by atoms with Crippen molar-refractivity contribution >= 4 is 5.69 Å². The highest BCUT2D eigenvalue weighted by atomic mass is 15.2. The van der Waals surface area contributed by atoms with Gasteiger partial charge in [-0.05, 0) is 62.8 Å². The molecule has 0 aromatic heterocycles. The molecule has 2 nitrogen and oxygen atoms in total. The summed E-state index contributed by atoms with van der Waals surface area (Å²) in [6.07, 6.45) is 2.39. The second-order valence-electron chi connectivity index (χ2n) is 6.61. The lowest BCUT2D eigenvalue weighted by molar-refractivity contribution is 0.349. The van der Waals surface area contributed by atoms with E-state index in [1.165, 1.54) is 17.7 Å². The lowest BCUT2D eigenvalue weighted by Crippen LogP contribution is -2.43. The molecule has 0 radical (unpaired) electrons. The van der Waals surface area contributed by atoms with E-state index < -0.39 is 0 Å². The zero-order valence-electron chi connectivity index (χ0n) is 12.8. The van der Waals surface area contributed by atoms with Crippen LogP contribution in [0.4, 0.5) is 5.69 Å². The van der Waals surface area contributed by atoms with Gasteiger partial charge in [0, 0.05) is 17.8 Å². The monoisotopic (exact) mass is 260 g/mol. The maximum atomic E-state index is 5.75. The van der Waals surface area contributed by atoms with Gasteiger partial charge in [0.25, 0.3) is 0 Å². The van der Waals surface area contributed by atoms with Crippen LogP contribution in [0.5, 0.6) is 0 Å². The first kappa shape index (κ1) is 14.4. The predicted molar refractivity (Wildman–Crippen MR) is 83.7 cm³/mol. The zero-order chi connectivity index (χ0) is 14.0. The standard InChI is InChI=1S/C17H28N2/c1-13(2)14-5-7-16(8-6-14)19-12-10-15(9-11-18)17(19,3)4/h5-8,13,15H,9-12,18H2,1-4H3. The third-order valence-electron chi connectivity index (χ3n) is 4.78. The largest absolute Gasteiger partial charge is 0.366 e. The number of nitrogens with two attached hydrogens (primary N) is 1. The molecule has 106 valence electrons. The van der Waals surface area contributed by atoms with Crippen molar-refractivity contribution in [2.24, 2.45) is 11.7 Å². The van der Waals surface area contributed by atoms with E-state index in [0.717, 1.165) is 19.5 Å². The number of rotatable bonds is 4. The van der Waals surface area contributed by atoms with Crippen LogP contribution in [0.3, 0.4) is 0 Å². The first-order valence-corrected chi connectivity index (χ1v) is 7.54. The summed E-state index contributed by atoms with van der Waals surface area (Å²) < 4.78 is 0. The number of hydrogen-bond acceptors (Lipinski definition) is 2. The summed E-state index contributed by atoms with van der Waals surface area (Å²) in [6.45, 7) is 11.2. The quantitative estimate of drug-likeness (QED) is 0.893. The fourth-order valence-electron chi connectivity index (χ4n) is 3.35. The Morgan fingerprint density at radius 2 is 1.89 bits per heavy atom. The summed E-state index contributed by atoms with van der Waals surface area (Å²) in [6, 6.07) is 9.10. The minimum Gasteiger partial charge on any atom is -0.366 e. The first-order chi connectivity index (χ1) is 8.96. The highest BCUT2D eigenvalue weighted by molar-refractivity contribution is 5.51. The van der Waals surface area contributed by atoms with Crippen LogP contribution in [0.2, 0.25) is 0 Å². The van der Waals surface area contributed by atoms with Gasteiger partial charge in [0.2, 0.25) is 0 Å². The summed E-state index contributed by atoms with van der Waals surface area (Å²) in [5.41, 5.74) is 8.74. The highest BCUT2D eigenvalue weighted by Gasteiger charge is 2.40. The number of nitrogens with zero attached hydrogens (tertiary/aromatic N) is 1. The van der Waals surface area contributed by atoms with Crippen LogP contribution < -0.4 is 10.6 Å². The van der Waals surface area contributed by atoms with Crippen LogP contribution >= 0.6 is 0 Å². The van der Waals surface area contributed by atoms with E-state index >= 15 is 0 Å². The maximum absolute atomic E-state index is 5.75. The second-order valence-corrected chi connectivity index (χ2v) is 6.61. The summed E-state index contributed by atoms with van der Waals surface area (Å²) in [7, 11) is 0. The zero-order valence-corrected chi connectivity index (χ0v) is 12.8. The Morgan fingerprint density at radius 3 is 2.42 bits per heavy atom. The molecule has 0 aliphatic carbocycles. The van der Waals surface area contributed by atoms with Crippen LogP contribution in [-0.2, 0) is 0 Å². The molecule has 0 saturated carbocycles. The third-order valence-corrected chi connectivity index (χ3v) is 4.78. The Morgan fingerprint density at radius 1 is 1.26 bits per heavy atom. The van der Waals surface area contributed by atoms with Gasteiger partial charge in [0.15, 0.2) is 0 Å². The molecule has 1 aliphatic rings. The van der Waals surface area contributed by atoms with Gasteiger partial charge in [-0.15, -0.1) is 0 Å². The van der Waals surface area contributed by atoms with Crippen molar-refractivity contribution in [1.29, 1.82) is 0 Å². The van der Waals surface area contributed by atoms with Crippen molar-refractivity contribution in [3.8, 4) is 0 Å². The van der Waals surface area contributed by atoms with E-state index in [4.69, 9.17) is 5.73 Å². The molecule has 2 rings (SSSR count). The van der Waals surface area contributed by atoms with E-state index in [-0.39, 0.29) is 5.54 Å². The molecular weight excluding hydrogens is 232 g/mol. The molecule has 0 spiro atoms. The Labute approximate surface area is 118 Å². The molecule has 1 saturated heterocycles. The van der Waals surface area contributed by atoms with E-state index in [2.05, 4.69) is 56.9 Å². The molecule has 0 bridgehead atoms. The van der Waals surface area contributed by atoms with Crippen molar-refractivity contribution < 1.29 is 0 Å². The van der Waals surface area contributed by atoms with Crippen molar-refractivity contribution in [2.45, 2.75) is 52.0 Å². The summed E-state index contributed by atoms with van der Waals surface area (Å²) in [4.78, 5) is 2.55. The van der Waals surface area contributed by atoms with Gasteiger partial charge in [0.05, 0.1) is 0 Å². The molecule has 1 fully saturated rings. The SMILES string of the molecule is CC(C)c1ccc(N2CCC(CCN)C2(C)C)cc1. The van der Waals surface area contributed by atoms with Crippen LogP contribution in [0, 0.1) is 5.92 Å². The summed E-state index contributed by atoms with van der Waals surface area (Å²) in [5, 5.41) is 0. The normalized spacial score (nSPS) is 22.2. The van der Waals surface area contributed by atoms with Gasteiger partial charge in [0.1, 0.15) is 0 Å². The van der Waals surface area contributed by atoms with E-state index in [9.17, 15) is 0 Å². The van der Waals surface area contributed by atoms with Crippen molar-refractivity contribution in [3.63, 3.8) is 0 Å². The molecule has 19 heavy (non-hydrogen) atoms. The van der Waals surface area contributed by atoms with E-state index in [1.807, 2.05) is 0 Å². The summed E-state index contributed by atoms with van der Waals surface area (Å²) >= 11 is 0. The van der Waals surface area contributed by atoms with Crippen molar-refractivity contribution in [1.82, 2.24) is 0 Å². The Balaban J connectivity index is 2.18. The molecule has 1 atom stereocenters. The minimum atomic E-state index is 0.221. The van der Waals surface area contributed by atoms with Gasteiger partial charge in [-0.25, -0.2) is 0 Å². The van der Waals surface area contributed by atoms with Gasteiger partial charge >= 0.3 is 0 Å². The molecule has 0 amide bonds. The molecule has 1 aromatic rings. The molecule has 1 unspecified atom stereocenters. The third kappa shape index (κ3) is 2.79. The molecule has 1 aliphatic heterocycles. The van der Waals surface area contributed by atoms with Crippen LogP contribution in [0.25, 0.3) is 0 Å². The summed E-state index contributed by atoms with van der Waals surface area (Å²) in [5.74, 6) is 1.31. The van der Waals surface area contributed by atoms with Gasteiger partial charge in [-0.2, -0.15) is 0 Å². The molecule has 1 heterocycles. The van der Waals surface area contributed by atoms with Gasteiger partial charge in [-0.1, -0.05) is 26.0 Å². The van der Waals surface area contributed by atoms with Crippen LogP contribution in [-0.4, -0.2) is 18.6 Å². The van der Waals surface area contributed by atoms with Crippen LogP contribution in [0.1, 0.15) is 52.0 Å². The molecular formula is C17H28N2. The highest BCUT2D eigenvalue weighted by Crippen LogP contribution is 2.39. The van der Waals surface area contributed by atoms with Crippen LogP contribution in [0.15, 0.2) is 24.3 Å².